The van der Waals surface area contributed by atoms with Crippen molar-refractivity contribution in [1.29, 1.82) is 0 Å². The van der Waals surface area contributed by atoms with Crippen LogP contribution >= 0.6 is 11.6 Å². The molecule has 0 spiro atoms. The number of carbonyl (C=O) groups excluding carboxylic acids is 5. The molecule has 0 radical (unpaired) electrons. The van der Waals surface area contributed by atoms with E-state index in [1.54, 1.807) is 42.5 Å². The minimum atomic E-state index is -0.744. The Labute approximate surface area is 212 Å². The fraction of sp³-hybridized carbons (Fsp3) is 0.148. The Morgan fingerprint density at radius 3 is 2.06 bits per heavy atom. The molecular weight excluding hydrogens is 484 g/mol. The first-order chi connectivity index (χ1) is 17.3. The number of Topliss-reactive ketones (excluding diaryl/α,β-unsaturated/α-hetero) is 1. The zero-order valence-corrected chi connectivity index (χ0v) is 19.8. The van der Waals surface area contributed by atoms with Crippen molar-refractivity contribution in [2.24, 2.45) is 0 Å². The van der Waals surface area contributed by atoms with Gasteiger partial charge in [-0.3, -0.25) is 19.2 Å². The van der Waals surface area contributed by atoms with E-state index in [1.807, 2.05) is 0 Å². The van der Waals surface area contributed by atoms with Gasteiger partial charge in [0, 0.05) is 18.4 Å². The number of ketones is 1. The largest absolute Gasteiger partial charge is 0.423 e. The predicted molar refractivity (Wildman–Crippen MR) is 130 cm³/mol. The number of benzene rings is 3. The Morgan fingerprint density at radius 2 is 1.42 bits per heavy atom. The third-order valence-electron chi connectivity index (χ3n) is 5.52. The van der Waals surface area contributed by atoms with Crippen LogP contribution < -0.4 is 4.74 Å². The number of hydrogen-bond donors (Lipinski definition) is 0. The maximum Gasteiger partial charge on any atom is 0.343 e. The summed E-state index contributed by atoms with van der Waals surface area (Å²) in [6, 6.07) is 20.4. The van der Waals surface area contributed by atoms with Crippen LogP contribution in [0.25, 0.3) is 0 Å². The molecule has 0 aliphatic carbocycles. The van der Waals surface area contributed by atoms with Crippen LogP contribution in [0.2, 0.25) is 5.02 Å². The number of carbonyl (C=O) groups is 5. The molecule has 0 unspecified atom stereocenters. The molecule has 0 aromatic heterocycles. The van der Waals surface area contributed by atoms with Crippen LogP contribution in [-0.2, 0) is 9.59 Å². The fourth-order valence-corrected chi connectivity index (χ4v) is 3.91. The van der Waals surface area contributed by atoms with Crippen LogP contribution in [0, 0.1) is 0 Å². The van der Waals surface area contributed by atoms with Crippen molar-refractivity contribution in [3.8, 4) is 5.75 Å². The van der Waals surface area contributed by atoms with Gasteiger partial charge in [0.05, 0.1) is 16.1 Å². The molecule has 9 heteroatoms. The third kappa shape index (κ3) is 5.50. The highest BCUT2D eigenvalue weighted by Gasteiger charge is 2.36. The summed E-state index contributed by atoms with van der Waals surface area (Å²) in [5.74, 6) is -2.72. The van der Waals surface area contributed by atoms with Crippen LogP contribution in [0.1, 0.15) is 50.3 Å². The van der Waals surface area contributed by atoms with E-state index in [2.05, 4.69) is 0 Å². The normalized spacial score (nSPS) is 13.3. The summed E-state index contributed by atoms with van der Waals surface area (Å²) in [6.45, 7) is -0.565. The molecule has 3 aromatic rings. The number of hydrogen-bond acceptors (Lipinski definition) is 6. The molecule has 1 aliphatic rings. The molecule has 0 N–H and O–H groups in total. The SMILES string of the molecule is O=C(CN(C(=O)c1ccccc1Cl)N1C(=O)CCCC1=O)c1ccc(OC(=O)c2ccccc2)cc1. The number of halogens is 1. The Morgan fingerprint density at radius 1 is 0.806 bits per heavy atom. The zero-order chi connectivity index (χ0) is 25.7. The van der Waals surface area contributed by atoms with Gasteiger partial charge in [0.2, 0.25) is 11.8 Å². The third-order valence-corrected chi connectivity index (χ3v) is 5.85. The standard InChI is InChI=1S/C27H21ClN2O6/c28-22-10-5-4-9-21(22)26(34)29(30-24(32)11-6-12-25(30)33)17-23(31)18-13-15-20(16-14-18)36-27(35)19-7-2-1-3-8-19/h1-5,7-10,13-16H,6,11-12,17H2. The van der Waals surface area contributed by atoms with E-state index in [0.29, 0.717) is 12.0 Å². The number of nitrogens with zero attached hydrogens (tertiary/aromatic N) is 2. The first-order valence-corrected chi connectivity index (χ1v) is 11.6. The van der Waals surface area contributed by atoms with Gasteiger partial charge < -0.3 is 4.74 Å². The number of esters is 1. The maximum atomic E-state index is 13.3. The van der Waals surface area contributed by atoms with Gasteiger partial charge in [-0.2, -0.15) is 5.01 Å². The first kappa shape index (κ1) is 24.8. The molecule has 1 aliphatic heterocycles. The average molecular weight is 505 g/mol. The molecule has 1 saturated heterocycles. The van der Waals surface area contributed by atoms with Gasteiger partial charge in [0.25, 0.3) is 5.91 Å². The maximum absolute atomic E-state index is 13.3. The molecule has 8 nitrogen and oxygen atoms in total. The lowest BCUT2D eigenvalue weighted by Crippen LogP contribution is -2.56. The molecule has 0 bridgehead atoms. The molecule has 36 heavy (non-hydrogen) atoms. The fourth-order valence-electron chi connectivity index (χ4n) is 3.69. The van der Waals surface area contributed by atoms with E-state index in [9.17, 15) is 24.0 Å². The number of imide groups is 1. The molecule has 3 amide bonds. The molecule has 0 saturated carbocycles. The van der Waals surface area contributed by atoms with Crippen LogP contribution in [0.3, 0.4) is 0 Å². The molecule has 0 atom stereocenters. The first-order valence-electron chi connectivity index (χ1n) is 11.2. The Balaban J connectivity index is 1.54. The minimum Gasteiger partial charge on any atom is -0.423 e. The summed E-state index contributed by atoms with van der Waals surface area (Å²) >= 11 is 6.17. The second-order valence-corrected chi connectivity index (χ2v) is 8.41. The van der Waals surface area contributed by atoms with Gasteiger partial charge in [0.15, 0.2) is 5.78 Å². The van der Waals surface area contributed by atoms with Crippen LogP contribution in [0.4, 0.5) is 0 Å². The van der Waals surface area contributed by atoms with Gasteiger partial charge in [-0.05, 0) is 55.0 Å². The molecular formula is C27H21ClN2O6. The molecule has 1 heterocycles. The lowest BCUT2D eigenvalue weighted by atomic mass is 10.1. The summed E-state index contributed by atoms with van der Waals surface area (Å²) in [5.41, 5.74) is 0.631. The minimum absolute atomic E-state index is 0.0568. The van der Waals surface area contributed by atoms with E-state index >= 15 is 0 Å². The van der Waals surface area contributed by atoms with E-state index in [4.69, 9.17) is 16.3 Å². The lowest BCUT2D eigenvalue weighted by Gasteiger charge is -2.35. The van der Waals surface area contributed by atoms with Crippen LogP contribution in [-0.4, -0.2) is 46.0 Å². The molecule has 4 rings (SSSR count). The summed E-state index contributed by atoms with van der Waals surface area (Å²) in [5, 5.41) is 1.71. The van der Waals surface area contributed by atoms with Crippen LogP contribution in [0.15, 0.2) is 78.9 Å². The average Bonchev–Trinajstić information content (AvgIpc) is 2.88. The number of piperidine rings is 1. The van der Waals surface area contributed by atoms with E-state index < -0.39 is 36.0 Å². The van der Waals surface area contributed by atoms with Crippen molar-refractivity contribution in [1.82, 2.24) is 10.0 Å². The van der Waals surface area contributed by atoms with E-state index in [1.165, 1.54) is 36.4 Å². The van der Waals surface area contributed by atoms with Gasteiger partial charge in [-0.1, -0.05) is 41.9 Å². The molecule has 3 aromatic carbocycles. The monoisotopic (exact) mass is 504 g/mol. The highest BCUT2D eigenvalue weighted by molar-refractivity contribution is 6.34. The zero-order valence-electron chi connectivity index (χ0n) is 19.1. The van der Waals surface area contributed by atoms with Crippen molar-refractivity contribution in [3.63, 3.8) is 0 Å². The highest BCUT2D eigenvalue weighted by Crippen LogP contribution is 2.23. The van der Waals surface area contributed by atoms with Gasteiger partial charge in [-0.15, -0.1) is 0 Å². The summed E-state index contributed by atoms with van der Waals surface area (Å²) in [7, 11) is 0. The quantitative estimate of drug-likeness (QED) is 0.205. The van der Waals surface area contributed by atoms with Gasteiger partial charge in [0.1, 0.15) is 12.3 Å². The number of hydrazine groups is 1. The second-order valence-electron chi connectivity index (χ2n) is 8.00. The van der Waals surface area contributed by atoms with Gasteiger partial charge >= 0.3 is 5.97 Å². The lowest BCUT2D eigenvalue weighted by molar-refractivity contribution is -0.162. The topological polar surface area (TPSA) is 101 Å². The Kier molecular flexibility index (Phi) is 7.56. The summed E-state index contributed by atoms with van der Waals surface area (Å²) in [4.78, 5) is 63.8. The highest BCUT2D eigenvalue weighted by atomic mass is 35.5. The van der Waals surface area contributed by atoms with Crippen molar-refractivity contribution in [2.75, 3.05) is 6.54 Å². The number of ether oxygens (including phenoxy) is 1. The Bertz CT molecular complexity index is 1310. The number of amides is 3. The van der Waals surface area contributed by atoms with Crippen molar-refractivity contribution < 1.29 is 28.7 Å². The van der Waals surface area contributed by atoms with E-state index in [0.717, 1.165) is 10.0 Å². The predicted octanol–water partition coefficient (Wildman–Crippen LogP) is 4.34. The molecule has 1 fully saturated rings. The smallest absolute Gasteiger partial charge is 0.343 e. The van der Waals surface area contributed by atoms with Crippen molar-refractivity contribution in [2.45, 2.75) is 19.3 Å². The Hall–Kier alpha value is -4.30. The van der Waals surface area contributed by atoms with Crippen molar-refractivity contribution >= 4 is 41.1 Å². The van der Waals surface area contributed by atoms with Crippen molar-refractivity contribution in [3.05, 3.63) is 101 Å². The van der Waals surface area contributed by atoms with Crippen LogP contribution in [0.5, 0.6) is 5.75 Å². The number of rotatable bonds is 7. The summed E-state index contributed by atoms with van der Waals surface area (Å²) in [6.07, 6.45) is 0.529. The molecule has 182 valence electrons. The summed E-state index contributed by atoms with van der Waals surface area (Å²) < 4.78 is 5.32. The van der Waals surface area contributed by atoms with E-state index in [-0.39, 0.29) is 34.7 Å². The second kappa shape index (κ2) is 11.0. The van der Waals surface area contributed by atoms with Gasteiger partial charge in [-0.25, -0.2) is 9.80 Å².